The second kappa shape index (κ2) is 12.1. The number of nitrogens with zero attached hydrogens (tertiary/aromatic N) is 4. The lowest BCUT2D eigenvalue weighted by Gasteiger charge is -2.18. The summed E-state index contributed by atoms with van der Waals surface area (Å²) in [5.41, 5.74) is 2.31. The van der Waals surface area contributed by atoms with E-state index in [0.29, 0.717) is 0 Å². The molecule has 0 saturated carbocycles. The van der Waals surface area contributed by atoms with E-state index >= 15 is 0 Å². The molecule has 4 nitrogen and oxygen atoms in total. The van der Waals surface area contributed by atoms with E-state index in [1.807, 2.05) is 34.8 Å². The largest absolute Gasteiger partial charge is 0.263 e. The second-order valence-corrected chi connectivity index (χ2v) is 19.2. The van der Waals surface area contributed by atoms with Crippen LogP contribution in [0, 0.1) is 35.8 Å². The smallest absolute Gasteiger partial charge is 0.227 e. The summed E-state index contributed by atoms with van der Waals surface area (Å²) in [6.45, 7) is 27.6. The van der Waals surface area contributed by atoms with Crippen LogP contribution >= 0.6 is 68.0 Å². The van der Waals surface area contributed by atoms with Crippen LogP contribution in [0.3, 0.4) is 0 Å². The molecule has 6 aromatic rings. The minimum absolute atomic E-state index is 0.103. The SMILES string of the molecule is [C-]#[N+]/C(C#N)=C\c1sc(-c2cc3sc(-c4cc5sc(-c6cc(C(C)(C)C)c(/C=C(\C#N)[N+]#[C-])s6)cc5s4)cc3s2)cc1C(C)(C)C. The molecule has 10 heteroatoms. The fourth-order valence-corrected chi connectivity index (χ4v) is 12.6. The quantitative estimate of drug-likeness (QED) is 0.132. The van der Waals surface area contributed by atoms with E-state index in [0.717, 1.165) is 30.6 Å². The van der Waals surface area contributed by atoms with Gasteiger partial charge in [-0.15, -0.1) is 68.0 Å². The molecular formula is C36H26N4S6. The van der Waals surface area contributed by atoms with Crippen molar-refractivity contribution >= 4 is 99.0 Å². The number of thiophene rings is 6. The minimum Gasteiger partial charge on any atom is -0.227 e. The van der Waals surface area contributed by atoms with Gasteiger partial charge in [-0.1, -0.05) is 41.5 Å². The molecule has 0 amide bonds. The Morgan fingerprint density at radius 2 is 0.826 bits per heavy atom. The minimum atomic E-state index is -0.103. The van der Waals surface area contributed by atoms with E-state index in [4.69, 9.17) is 13.1 Å². The Hall–Kier alpha value is -3.84. The van der Waals surface area contributed by atoms with Gasteiger partial charge in [0.1, 0.15) is 0 Å². The fraction of sp³-hybridized carbons (Fsp3) is 0.222. The van der Waals surface area contributed by atoms with Gasteiger partial charge in [-0.25, -0.2) is 20.2 Å². The molecule has 0 aliphatic carbocycles. The summed E-state index contributed by atoms with van der Waals surface area (Å²) < 4.78 is 5.05. The van der Waals surface area contributed by atoms with Gasteiger partial charge in [0.25, 0.3) is 11.4 Å². The van der Waals surface area contributed by atoms with Crippen molar-refractivity contribution in [2.75, 3.05) is 0 Å². The summed E-state index contributed by atoms with van der Waals surface area (Å²) in [4.78, 5) is 16.0. The van der Waals surface area contributed by atoms with E-state index in [9.17, 15) is 10.5 Å². The average molecular weight is 707 g/mol. The van der Waals surface area contributed by atoms with Crippen LogP contribution in [0.1, 0.15) is 62.4 Å². The van der Waals surface area contributed by atoms with Gasteiger partial charge < -0.3 is 0 Å². The third kappa shape index (κ3) is 6.14. The number of fused-ring (bicyclic) bond motifs is 2. The highest BCUT2D eigenvalue weighted by atomic mass is 32.1. The molecule has 0 spiro atoms. The molecule has 0 radical (unpaired) electrons. The molecule has 6 heterocycles. The molecule has 0 aliphatic rings. The van der Waals surface area contributed by atoms with E-state index < -0.39 is 0 Å². The zero-order valence-corrected chi connectivity index (χ0v) is 30.8. The van der Waals surface area contributed by atoms with Crippen LogP contribution in [0.25, 0.3) is 69.9 Å². The summed E-state index contributed by atoms with van der Waals surface area (Å²) in [6.07, 6.45) is 3.45. The number of nitriles is 2. The molecule has 6 rings (SSSR count). The topological polar surface area (TPSA) is 56.3 Å². The molecule has 226 valence electrons. The second-order valence-electron chi connectivity index (χ2n) is 12.7. The first-order valence-corrected chi connectivity index (χ1v) is 19.1. The summed E-state index contributed by atoms with van der Waals surface area (Å²) >= 11 is 10.5. The zero-order chi connectivity index (χ0) is 33.0. The molecule has 0 aromatic carbocycles. The van der Waals surface area contributed by atoms with Gasteiger partial charge in [-0.05, 0) is 70.5 Å². The molecule has 0 aliphatic heterocycles. The first-order chi connectivity index (χ1) is 21.8. The standard InChI is InChI=1S/C36H26N4S6/c1-35(2,3)21-11-25(41-23(21)9-19(17-37)39-7)27-13-29-31(43-27)15-33(45-29)34-16-32-30(46-34)14-28(44-32)26-12-22(36(4,5)6)24(42-26)10-20(18-38)40-8/h9-16H,1-6H3/b19-9-,20-10+. The molecule has 46 heavy (non-hydrogen) atoms. The van der Waals surface area contributed by atoms with Crippen LogP contribution < -0.4 is 0 Å². The van der Waals surface area contributed by atoms with Crippen LogP contribution in [0.15, 0.2) is 47.8 Å². The summed E-state index contributed by atoms with van der Waals surface area (Å²) in [5.74, 6) is 0. The third-order valence-electron chi connectivity index (χ3n) is 7.29. The number of hydrogen-bond donors (Lipinski definition) is 0. The van der Waals surface area contributed by atoms with Gasteiger partial charge in [0.05, 0.1) is 25.3 Å². The number of allylic oxidation sites excluding steroid dienone is 2. The van der Waals surface area contributed by atoms with Crippen molar-refractivity contribution in [3.63, 3.8) is 0 Å². The van der Waals surface area contributed by atoms with Gasteiger partial charge in [0.2, 0.25) is 0 Å². The average Bonchev–Trinajstić information content (AvgIpc) is 3.81. The van der Waals surface area contributed by atoms with E-state index in [-0.39, 0.29) is 22.2 Å². The fourth-order valence-electron chi connectivity index (χ4n) is 5.02. The maximum atomic E-state index is 9.33. The normalized spacial score (nSPS) is 12.7. The molecule has 6 aromatic heterocycles. The van der Waals surface area contributed by atoms with Crippen molar-refractivity contribution in [1.82, 2.24) is 0 Å². The lowest BCUT2D eigenvalue weighted by Crippen LogP contribution is -2.10. The molecule has 0 bridgehead atoms. The van der Waals surface area contributed by atoms with Crippen LogP contribution in [0.5, 0.6) is 0 Å². The van der Waals surface area contributed by atoms with Crippen LogP contribution in [-0.2, 0) is 10.8 Å². The highest BCUT2D eigenvalue weighted by Gasteiger charge is 2.24. The van der Waals surface area contributed by atoms with Crippen molar-refractivity contribution < 1.29 is 0 Å². The van der Waals surface area contributed by atoms with Gasteiger partial charge in [-0.3, -0.25) is 0 Å². The van der Waals surface area contributed by atoms with Crippen molar-refractivity contribution in [1.29, 1.82) is 10.5 Å². The highest BCUT2D eigenvalue weighted by Crippen LogP contribution is 2.50. The van der Waals surface area contributed by atoms with E-state index in [2.05, 4.69) is 87.6 Å². The van der Waals surface area contributed by atoms with Crippen molar-refractivity contribution in [2.45, 2.75) is 52.4 Å². The Morgan fingerprint density at radius 3 is 1.07 bits per heavy atom. The Morgan fingerprint density at radius 1 is 0.543 bits per heavy atom. The maximum Gasteiger partial charge on any atom is 0.263 e. The number of hydrogen-bond acceptors (Lipinski definition) is 8. The van der Waals surface area contributed by atoms with Crippen molar-refractivity contribution in [2.24, 2.45) is 0 Å². The molecule has 0 N–H and O–H groups in total. The van der Waals surface area contributed by atoms with Crippen molar-refractivity contribution in [3.8, 4) is 41.4 Å². The first-order valence-electron chi connectivity index (χ1n) is 14.2. The van der Waals surface area contributed by atoms with E-state index in [1.165, 1.54) is 38.3 Å². The maximum absolute atomic E-state index is 9.33. The lowest BCUT2D eigenvalue weighted by atomic mass is 9.87. The van der Waals surface area contributed by atoms with Gasteiger partial charge in [0, 0.05) is 57.8 Å². The molecular weight excluding hydrogens is 681 g/mol. The first kappa shape index (κ1) is 32.1. The molecule has 0 unspecified atom stereocenters. The Balaban J connectivity index is 1.30. The van der Waals surface area contributed by atoms with Gasteiger partial charge in [-0.2, -0.15) is 0 Å². The predicted molar refractivity (Wildman–Crippen MR) is 203 cm³/mol. The van der Waals surface area contributed by atoms with Gasteiger partial charge >= 0.3 is 0 Å². The van der Waals surface area contributed by atoms with E-state index in [1.54, 1.807) is 57.5 Å². The lowest BCUT2D eigenvalue weighted by molar-refractivity contribution is 0.591. The zero-order valence-electron chi connectivity index (χ0n) is 25.9. The highest BCUT2D eigenvalue weighted by molar-refractivity contribution is 7.36. The summed E-state index contributed by atoms with van der Waals surface area (Å²) in [6, 6.07) is 17.6. The molecule has 0 atom stereocenters. The van der Waals surface area contributed by atoms with Gasteiger partial charge in [0.15, 0.2) is 0 Å². The Labute approximate surface area is 292 Å². The van der Waals surface area contributed by atoms with Crippen LogP contribution in [0.4, 0.5) is 0 Å². The molecule has 0 saturated heterocycles. The summed E-state index contributed by atoms with van der Waals surface area (Å²) in [5, 5.41) is 18.7. The van der Waals surface area contributed by atoms with Crippen molar-refractivity contribution in [3.05, 3.63) is 91.5 Å². The monoisotopic (exact) mass is 706 g/mol. The van der Waals surface area contributed by atoms with Crippen LogP contribution in [-0.4, -0.2) is 0 Å². The third-order valence-corrected chi connectivity index (χ3v) is 14.6. The Bertz CT molecular complexity index is 2120. The number of rotatable bonds is 5. The predicted octanol–water partition coefficient (Wildman–Crippen LogP) is 13.5. The Kier molecular flexibility index (Phi) is 8.43. The molecule has 0 fully saturated rings. The summed E-state index contributed by atoms with van der Waals surface area (Å²) in [7, 11) is 0. The van der Waals surface area contributed by atoms with Crippen LogP contribution in [0.2, 0.25) is 0 Å².